The summed E-state index contributed by atoms with van der Waals surface area (Å²) >= 11 is 1.70. The van der Waals surface area contributed by atoms with Crippen LogP contribution < -0.4 is 11.1 Å². The molecule has 0 aliphatic heterocycles. The summed E-state index contributed by atoms with van der Waals surface area (Å²) in [5.74, 6) is 2.39. The quantitative estimate of drug-likeness (QED) is 0.465. The van der Waals surface area contributed by atoms with Gasteiger partial charge in [-0.25, -0.2) is 19.7 Å². The lowest BCUT2D eigenvalue weighted by atomic mass is 9.82. The lowest BCUT2D eigenvalue weighted by Gasteiger charge is -2.25. The zero-order valence-corrected chi connectivity index (χ0v) is 17.9. The fourth-order valence-corrected chi connectivity index (χ4v) is 5.06. The largest absolute Gasteiger partial charge is 0.438 e. The molecule has 0 unspecified atom stereocenters. The number of pyridine rings is 2. The lowest BCUT2D eigenvalue weighted by molar-refractivity contribution is 0.350. The third-order valence-electron chi connectivity index (χ3n) is 5.62. The van der Waals surface area contributed by atoms with E-state index >= 15 is 0 Å². The van der Waals surface area contributed by atoms with Gasteiger partial charge in [0.25, 0.3) is 0 Å². The Morgan fingerprint density at radius 2 is 1.94 bits per heavy atom. The van der Waals surface area contributed by atoms with Crippen molar-refractivity contribution in [3.63, 3.8) is 0 Å². The van der Waals surface area contributed by atoms with E-state index in [-0.39, 0.29) is 5.92 Å². The predicted molar refractivity (Wildman–Crippen MR) is 119 cm³/mol. The van der Waals surface area contributed by atoms with Gasteiger partial charge < -0.3 is 5.32 Å². The monoisotopic (exact) mass is 434 g/mol. The van der Waals surface area contributed by atoms with Crippen molar-refractivity contribution in [3.05, 3.63) is 69.7 Å². The van der Waals surface area contributed by atoms with Crippen molar-refractivity contribution in [2.75, 3.05) is 5.32 Å². The van der Waals surface area contributed by atoms with Crippen molar-refractivity contribution < 1.29 is 4.52 Å². The lowest BCUT2D eigenvalue weighted by Crippen LogP contribution is -2.13. The molecular weight excluding hydrogens is 412 g/mol. The molecule has 2 N–H and O–H groups in total. The van der Waals surface area contributed by atoms with Crippen LogP contribution in [0.15, 0.2) is 52.0 Å². The van der Waals surface area contributed by atoms with Crippen LogP contribution in [0.1, 0.15) is 53.9 Å². The first-order valence-electron chi connectivity index (χ1n) is 10.3. The summed E-state index contributed by atoms with van der Waals surface area (Å²) in [4.78, 5) is 28.7. The Morgan fingerprint density at radius 3 is 2.71 bits per heavy atom. The van der Waals surface area contributed by atoms with Crippen LogP contribution in [0, 0.1) is 6.92 Å². The van der Waals surface area contributed by atoms with Crippen molar-refractivity contribution in [1.29, 1.82) is 0 Å². The van der Waals surface area contributed by atoms with Gasteiger partial charge in [0.1, 0.15) is 11.6 Å². The fraction of sp³-hybridized carbons (Fsp3) is 0.318. The number of nitrogens with zero attached hydrogens (tertiary/aromatic N) is 4. The third kappa shape index (κ3) is 4.41. The van der Waals surface area contributed by atoms with E-state index in [9.17, 15) is 4.79 Å². The maximum Gasteiger partial charge on any atom is 0.438 e. The number of nitrogens with one attached hydrogen (secondary N) is 2. The fourth-order valence-electron chi connectivity index (χ4n) is 4.00. The van der Waals surface area contributed by atoms with Gasteiger partial charge in [-0.15, -0.1) is 11.3 Å². The summed E-state index contributed by atoms with van der Waals surface area (Å²) in [6.07, 6.45) is 7.65. The molecule has 1 aliphatic carbocycles. The molecule has 4 aromatic heterocycles. The molecule has 158 valence electrons. The zero-order valence-electron chi connectivity index (χ0n) is 17.0. The Balaban J connectivity index is 1.27. The molecule has 8 nitrogen and oxygen atoms in total. The topological polar surface area (TPSA) is 110 Å². The smallest absolute Gasteiger partial charge is 0.325 e. The number of aromatic amines is 1. The van der Waals surface area contributed by atoms with Crippen molar-refractivity contribution >= 4 is 23.0 Å². The van der Waals surface area contributed by atoms with E-state index in [1.165, 1.54) is 0 Å². The van der Waals surface area contributed by atoms with Crippen molar-refractivity contribution in [2.45, 2.75) is 44.4 Å². The summed E-state index contributed by atoms with van der Waals surface area (Å²) in [5.41, 5.74) is 2.04. The van der Waals surface area contributed by atoms with Crippen LogP contribution in [0.4, 0.5) is 11.6 Å². The van der Waals surface area contributed by atoms with Crippen LogP contribution in [-0.2, 0) is 0 Å². The van der Waals surface area contributed by atoms with E-state index in [4.69, 9.17) is 9.97 Å². The highest BCUT2D eigenvalue weighted by Gasteiger charge is 2.27. The highest BCUT2D eigenvalue weighted by Crippen LogP contribution is 2.41. The minimum absolute atomic E-state index is 0.252. The molecule has 4 aromatic rings. The number of H-pyrrole nitrogens is 1. The second-order valence-electron chi connectivity index (χ2n) is 7.84. The molecule has 0 spiro atoms. The van der Waals surface area contributed by atoms with Gasteiger partial charge in [-0.2, -0.15) is 0 Å². The van der Waals surface area contributed by atoms with E-state index in [0.29, 0.717) is 11.7 Å². The minimum atomic E-state index is -0.482. The average molecular weight is 435 g/mol. The van der Waals surface area contributed by atoms with Gasteiger partial charge in [0, 0.05) is 24.2 Å². The predicted octanol–water partition coefficient (Wildman–Crippen LogP) is 4.77. The summed E-state index contributed by atoms with van der Waals surface area (Å²) < 4.78 is 4.65. The van der Waals surface area contributed by atoms with Crippen LogP contribution in [-0.4, -0.2) is 25.1 Å². The van der Waals surface area contributed by atoms with Gasteiger partial charge >= 0.3 is 5.76 Å². The van der Waals surface area contributed by atoms with E-state index in [1.807, 2.05) is 43.5 Å². The molecule has 1 saturated carbocycles. The van der Waals surface area contributed by atoms with Gasteiger partial charge in [-0.3, -0.25) is 9.51 Å². The van der Waals surface area contributed by atoms with Crippen LogP contribution in [0.5, 0.6) is 0 Å². The molecule has 1 aliphatic rings. The molecule has 0 saturated heterocycles. The minimum Gasteiger partial charge on any atom is -0.325 e. The van der Waals surface area contributed by atoms with Crippen molar-refractivity contribution in [2.24, 2.45) is 0 Å². The Bertz CT molecular complexity index is 1240. The average Bonchev–Trinajstić information content (AvgIpc) is 3.44. The summed E-state index contributed by atoms with van der Waals surface area (Å²) in [7, 11) is 0. The molecule has 0 atom stereocenters. The number of rotatable bonds is 5. The second kappa shape index (κ2) is 8.43. The van der Waals surface area contributed by atoms with Gasteiger partial charge in [0.15, 0.2) is 5.82 Å². The van der Waals surface area contributed by atoms with E-state index < -0.39 is 5.76 Å². The maximum atomic E-state index is 11.2. The molecular formula is C22H22N6O2S. The number of hydrogen-bond donors (Lipinski definition) is 2. The summed E-state index contributed by atoms with van der Waals surface area (Å²) in [6.45, 7) is 2.04. The Kier molecular flexibility index (Phi) is 5.33. The van der Waals surface area contributed by atoms with Crippen LogP contribution >= 0.6 is 11.3 Å². The Hall–Kier alpha value is -3.33. The van der Waals surface area contributed by atoms with Gasteiger partial charge in [-0.1, -0.05) is 11.2 Å². The van der Waals surface area contributed by atoms with Gasteiger partial charge in [0.2, 0.25) is 0 Å². The van der Waals surface area contributed by atoms with E-state index in [2.05, 4.69) is 25.0 Å². The molecule has 9 heteroatoms. The number of hydrogen-bond acceptors (Lipinski definition) is 8. The highest BCUT2D eigenvalue weighted by molar-refractivity contribution is 7.15. The summed E-state index contributed by atoms with van der Waals surface area (Å²) in [6, 6.07) is 9.88. The van der Waals surface area contributed by atoms with E-state index in [0.717, 1.165) is 58.5 Å². The first-order valence-corrected chi connectivity index (χ1v) is 11.1. The number of anilines is 2. The first kappa shape index (κ1) is 19.6. The van der Waals surface area contributed by atoms with E-state index in [1.54, 1.807) is 17.5 Å². The van der Waals surface area contributed by atoms with Crippen LogP contribution in [0.25, 0.3) is 10.6 Å². The van der Waals surface area contributed by atoms with Crippen LogP contribution in [0.2, 0.25) is 0 Å². The normalized spacial score (nSPS) is 18.7. The van der Waals surface area contributed by atoms with Crippen molar-refractivity contribution in [1.82, 2.24) is 25.1 Å². The Labute approximate surface area is 182 Å². The first-order chi connectivity index (χ1) is 15.1. The Morgan fingerprint density at radius 1 is 1.10 bits per heavy atom. The van der Waals surface area contributed by atoms with Crippen molar-refractivity contribution in [3.8, 4) is 10.6 Å². The summed E-state index contributed by atoms with van der Waals surface area (Å²) in [5, 5.41) is 8.26. The molecule has 4 heterocycles. The molecule has 1 fully saturated rings. The van der Waals surface area contributed by atoms with Gasteiger partial charge in [-0.05, 0) is 62.4 Å². The van der Waals surface area contributed by atoms with Crippen LogP contribution in [0.3, 0.4) is 0 Å². The number of aromatic nitrogens is 5. The molecule has 0 aromatic carbocycles. The molecule has 0 bridgehead atoms. The third-order valence-corrected chi connectivity index (χ3v) is 6.80. The molecule has 0 amide bonds. The zero-order chi connectivity index (χ0) is 21.2. The number of aryl methyl sites for hydroxylation is 1. The van der Waals surface area contributed by atoms with Gasteiger partial charge in [0.05, 0.1) is 15.6 Å². The molecule has 31 heavy (non-hydrogen) atoms. The SMILES string of the molecule is Cc1ccnc(Nc2cccc(-c3cnc([C@H]4CC[C@H](c5noc(=O)[nH]5)CC4)s3)n2)c1. The molecule has 5 rings (SSSR count). The number of thiazole rings is 1. The highest BCUT2D eigenvalue weighted by atomic mass is 32.1. The second-order valence-corrected chi connectivity index (χ2v) is 8.91. The standard InChI is InChI=1S/C22H22N6O2S/c1-13-9-10-23-19(11-13)26-18-4-2-3-16(25-18)17-12-24-21(31-17)15-7-5-14(6-8-15)20-27-22(29)30-28-20/h2-4,9-12,14-15H,5-8H2,1H3,(H,23,25,26)(H,27,28,29)/t14-,15-. The molecule has 0 radical (unpaired) electrons. The maximum absolute atomic E-state index is 11.2.